The number of carbonyl (C=O) groups is 2. The summed E-state index contributed by atoms with van der Waals surface area (Å²) in [5.41, 5.74) is 0.474. The van der Waals surface area contributed by atoms with Crippen LogP contribution in [0.3, 0.4) is 0 Å². The number of benzene rings is 2. The zero-order chi connectivity index (χ0) is 19.3. The molecule has 2 aromatic carbocycles. The molecule has 1 aliphatic heterocycles. The molecule has 2 aromatic rings. The third-order valence-corrected chi connectivity index (χ3v) is 4.86. The number of hydrogen-bond acceptors (Lipinski definition) is 4. The Kier molecular flexibility index (Phi) is 5.76. The fourth-order valence-corrected chi connectivity index (χ4v) is 3.29. The average molecular weight is 369 g/mol. The summed E-state index contributed by atoms with van der Waals surface area (Å²) in [4.78, 5) is 25.9. The van der Waals surface area contributed by atoms with Crippen molar-refractivity contribution in [3.63, 3.8) is 0 Å². The highest BCUT2D eigenvalue weighted by Gasteiger charge is 2.46. The summed E-state index contributed by atoms with van der Waals surface area (Å²) >= 11 is 0. The minimum atomic E-state index is -1.02. The second-order valence-electron chi connectivity index (χ2n) is 6.79. The molecule has 1 fully saturated rings. The number of ether oxygens (including phenoxy) is 2. The second kappa shape index (κ2) is 8.22. The molecule has 0 bridgehead atoms. The summed E-state index contributed by atoms with van der Waals surface area (Å²) in [6.07, 6.45) is 0.394. The molecule has 1 amide bonds. The number of carbonyl (C=O) groups excluding carboxylic acids is 1. The smallest absolute Gasteiger partial charge is 0.313 e. The number of hydrogen-bond donors (Lipinski definition) is 1. The van der Waals surface area contributed by atoms with Crippen LogP contribution in [0.5, 0.6) is 5.75 Å². The first kappa shape index (κ1) is 18.9. The molecule has 0 spiro atoms. The van der Waals surface area contributed by atoms with E-state index in [1.54, 1.807) is 17.0 Å². The van der Waals surface area contributed by atoms with Gasteiger partial charge in [-0.1, -0.05) is 30.3 Å². The Morgan fingerprint density at radius 1 is 1.11 bits per heavy atom. The van der Waals surface area contributed by atoms with Crippen LogP contribution in [-0.2, 0) is 16.1 Å². The van der Waals surface area contributed by atoms with E-state index in [1.807, 2.05) is 42.5 Å². The maximum atomic E-state index is 12.7. The van der Waals surface area contributed by atoms with Crippen molar-refractivity contribution in [1.29, 1.82) is 0 Å². The van der Waals surface area contributed by atoms with Crippen LogP contribution in [-0.4, -0.2) is 48.7 Å². The molecule has 1 aliphatic rings. The van der Waals surface area contributed by atoms with Gasteiger partial charge in [-0.25, -0.2) is 0 Å². The SMILES string of the molecule is COCC1(C(=O)O)CCN(C(=O)c2ccc(COc3ccccc3)cc2)C1. The summed E-state index contributed by atoms with van der Waals surface area (Å²) in [6.45, 7) is 1.08. The predicted molar refractivity (Wildman–Crippen MR) is 99.7 cm³/mol. The van der Waals surface area contributed by atoms with Gasteiger partial charge in [0.05, 0.1) is 6.61 Å². The van der Waals surface area contributed by atoms with Gasteiger partial charge in [-0.15, -0.1) is 0 Å². The van der Waals surface area contributed by atoms with Crippen LogP contribution in [0.1, 0.15) is 22.3 Å². The van der Waals surface area contributed by atoms with Crippen LogP contribution in [0.2, 0.25) is 0 Å². The van der Waals surface area contributed by atoms with Gasteiger partial charge in [0.1, 0.15) is 17.8 Å². The molecule has 1 unspecified atom stereocenters. The van der Waals surface area contributed by atoms with Gasteiger partial charge in [0, 0.05) is 25.8 Å². The number of amides is 1. The minimum absolute atomic E-state index is 0.0991. The van der Waals surface area contributed by atoms with Gasteiger partial charge in [-0.2, -0.15) is 0 Å². The first-order valence-electron chi connectivity index (χ1n) is 8.82. The molecule has 0 aliphatic carbocycles. The van der Waals surface area contributed by atoms with Crippen LogP contribution in [0, 0.1) is 5.41 Å². The van der Waals surface area contributed by atoms with E-state index in [1.165, 1.54) is 7.11 Å². The van der Waals surface area contributed by atoms with E-state index < -0.39 is 11.4 Å². The van der Waals surface area contributed by atoms with Crippen LogP contribution in [0.15, 0.2) is 54.6 Å². The normalized spacial score (nSPS) is 19.1. The molecule has 1 atom stereocenters. The maximum absolute atomic E-state index is 12.7. The predicted octanol–water partition coefficient (Wildman–Crippen LogP) is 2.83. The van der Waals surface area contributed by atoms with Crippen LogP contribution in [0.4, 0.5) is 0 Å². The van der Waals surface area contributed by atoms with Crippen molar-refractivity contribution >= 4 is 11.9 Å². The Morgan fingerprint density at radius 3 is 2.44 bits per heavy atom. The number of likely N-dealkylation sites (tertiary alicyclic amines) is 1. The van der Waals surface area contributed by atoms with Gasteiger partial charge in [0.15, 0.2) is 0 Å². The minimum Gasteiger partial charge on any atom is -0.489 e. The molecule has 1 heterocycles. The fraction of sp³-hybridized carbons (Fsp3) is 0.333. The Balaban J connectivity index is 1.61. The molecule has 27 heavy (non-hydrogen) atoms. The lowest BCUT2D eigenvalue weighted by Gasteiger charge is -2.23. The van der Waals surface area contributed by atoms with Gasteiger partial charge >= 0.3 is 5.97 Å². The van der Waals surface area contributed by atoms with Gasteiger partial charge < -0.3 is 19.5 Å². The average Bonchev–Trinajstić information content (AvgIpc) is 3.13. The van der Waals surface area contributed by atoms with Crippen LogP contribution < -0.4 is 4.74 Å². The van der Waals surface area contributed by atoms with Crippen molar-refractivity contribution < 1.29 is 24.2 Å². The quantitative estimate of drug-likeness (QED) is 0.812. The van der Waals surface area contributed by atoms with Crippen molar-refractivity contribution in [3.8, 4) is 5.75 Å². The van der Waals surface area contributed by atoms with Crippen molar-refractivity contribution in [3.05, 3.63) is 65.7 Å². The van der Waals surface area contributed by atoms with E-state index in [0.717, 1.165) is 11.3 Å². The first-order chi connectivity index (χ1) is 13.0. The van der Waals surface area contributed by atoms with Gasteiger partial charge in [-0.3, -0.25) is 9.59 Å². The molecular formula is C21H23NO5. The lowest BCUT2D eigenvalue weighted by Crippen LogP contribution is -2.40. The Bertz CT molecular complexity index is 790. The van der Waals surface area contributed by atoms with E-state index in [-0.39, 0.29) is 19.1 Å². The maximum Gasteiger partial charge on any atom is 0.313 e. The van der Waals surface area contributed by atoms with Crippen molar-refractivity contribution in [1.82, 2.24) is 4.90 Å². The molecular weight excluding hydrogens is 346 g/mol. The Morgan fingerprint density at radius 2 is 1.81 bits per heavy atom. The molecule has 0 aromatic heterocycles. The lowest BCUT2D eigenvalue weighted by atomic mass is 9.88. The molecule has 6 nitrogen and oxygen atoms in total. The third-order valence-electron chi connectivity index (χ3n) is 4.86. The number of rotatable bonds is 7. The summed E-state index contributed by atoms with van der Waals surface area (Å²) in [5, 5.41) is 9.52. The molecule has 1 N–H and O–H groups in total. The van der Waals surface area contributed by atoms with E-state index >= 15 is 0 Å². The number of methoxy groups -OCH3 is 1. The zero-order valence-corrected chi connectivity index (χ0v) is 15.3. The van der Waals surface area contributed by atoms with Crippen molar-refractivity contribution in [2.24, 2.45) is 5.41 Å². The highest BCUT2D eigenvalue weighted by atomic mass is 16.5. The van der Waals surface area contributed by atoms with Crippen molar-refractivity contribution in [2.45, 2.75) is 13.0 Å². The molecule has 0 saturated carbocycles. The lowest BCUT2D eigenvalue weighted by molar-refractivity contribution is -0.151. The summed E-state index contributed by atoms with van der Waals surface area (Å²) in [5.74, 6) is -0.296. The summed E-state index contributed by atoms with van der Waals surface area (Å²) in [6, 6.07) is 16.7. The highest BCUT2D eigenvalue weighted by Crippen LogP contribution is 2.32. The second-order valence-corrected chi connectivity index (χ2v) is 6.79. The third kappa shape index (κ3) is 4.28. The van der Waals surface area contributed by atoms with E-state index in [9.17, 15) is 14.7 Å². The first-order valence-corrected chi connectivity index (χ1v) is 8.82. The van der Waals surface area contributed by atoms with Gasteiger partial charge in [0.2, 0.25) is 0 Å². The van der Waals surface area contributed by atoms with E-state index in [4.69, 9.17) is 9.47 Å². The number of para-hydroxylation sites is 1. The standard InChI is InChI=1S/C21H23NO5/c1-26-15-21(20(24)25)11-12-22(14-21)19(23)17-9-7-16(8-10-17)13-27-18-5-3-2-4-6-18/h2-10H,11-15H2,1H3,(H,24,25). The number of carboxylic acids is 1. The topological polar surface area (TPSA) is 76.1 Å². The number of nitrogens with zero attached hydrogens (tertiary/aromatic N) is 1. The largest absolute Gasteiger partial charge is 0.489 e. The number of carboxylic acid groups (broad SMARTS) is 1. The fourth-order valence-electron chi connectivity index (χ4n) is 3.29. The van der Waals surface area contributed by atoms with Crippen LogP contribution in [0.25, 0.3) is 0 Å². The Labute approximate surface area is 158 Å². The Hall–Kier alpha value is -2.86. The monoisotopic (exact) mass is 369 g/mol. The van der Waals surface area contributed by atoms with Crippen LogP contribution >= 0.6 is 0 Å². The zero-order valence-electron chi connectivity index (χ0n) is 15.3. The molecule has 142 valence electrons. The molecule has 6 heteroatoms. The van der Waals surface area contributed by atoms with E-state index in [0.29, 0.717) is 25.1 Å². The molecule has 3 rings (SSSR count). The molecule has 0 radical (unpaired) electrons. The highest BCUT2D eigenvalue weighted by molar-refractivity contribution is 5.95. The van der Waals surface area contributed by atoms with Gasteiger partial charge in [0.25, 0.3) is 5.91 Å². The van der Waals surface area contributed by atoms with E-state index in [2.05, 4.69) is 0 Å². The molecule has 1 saturated heterocycles. The van der Waals surface area contributed by atoms with Gasteiger partial charge in [-0.05, 0) is 36.2 Å². The number of aliphatic carboxylic acids is 1. The summed E-state index contributed by atoms with van der Waals surface area (Å²) in [7, 11) is 1.48. The summed E-state index contributed by atoms with van der Waals surface area (Å²) < 4.78 is 10.8. The van der Waals surface area contributed by atoms with Crippen molar-refractivity contribution in [2.75, 3.05) is 26.8 Å².